The Morgan fingerprint density at radius 3 is 2.44 bits per heavy atom. The number of hydrogen-bond donors (Lipinski definition) is 2. The largest absolute Gasteiger partial charge is 0.330 e. The van der Waals surface area contributed by atoms with E-state index in [1.165, 1.54) is 19.3 Å². The van der Waals surface area contributed by atoms with Gasteiger partial charge in [-0.3, -0.25) is 25.2 Å². The quantitative estimate of drug-likeness (QED) is 0.488. The van der Waals surface area contributed by atoms with Crippen molar-refractivity contribution in [1.29, 1.82) is 0 Å². The summed E-state index contributed by atoms with van der Waals surface area (Å²) in [6.45, 7) is 0. The molecule has 140 valence electrons. The number of nitrogens with one attached hydrogen (secondary N) is 2. The Morgan fingerprint density at radius 1 is 1.00 bits per heavy atom. The number of nitrogens with zero attached hydrogens (tertiary/aromatic N) is 2. The maximum Gasteiger partial charge on any atom is 0.328 e. The third-order valence-corrected chi connectivity index (χ3v) is 5.40. The van der Waals surface area contributed by atoms with E-state index in [2.05, 4.69) is 10.6 Å². The lowest BCUT2D eigenvalue weighted by Crippen LogP contribution is -2.59. The predicted octanol–water partition coefficient (Wildman–Crippen LogP) is 2.36. The molecule has 1 atom stereocenters. The molecule has 7 heteroatoms. The number of aliphatic imine (C=N–C) groups is 1. The number of hydrogen-bond acceptors (Lipinski definition) is 4. The average Bonchev–Trinajstić information content (AvgIpc) is 2.67. The molecule has 2 aliphatic heterocycles. The number of carbonyl (C=O) groups excluding carboxylic acids is 3. The van der Waals surface area contributed by atoms with Crippen molar-refractivity contribution < 1.29 is 14.4 Å². The molecule has 3 aliphatic rings. The van der Waals surface area contributed by atoms with Gasteiger partial charge in [-0.05, 0) is 30.0 Å². The maximum atomic E-state index is 12.5. The van der Waals surface area contributed by atoms with E-state index in [0.717, 1.165) is 24.0 Å². The van der Waals surface area contributed by atoms with Gasteiger partial charge in [0.05, 0.1) is 18.4 Å². The van der Waals surface area contributed by atoms with Crippen LogP contribution in [0.15, 0.2) is 35.5 Å². The van der Waals surface area contributed by atoms with Crippen LogP contribution in [0.1, 0.15) is 49.3 Å². The predicted molar refractivity (Wildman–Crippen MR) is 101 cm³/mol. The van der Waals surface area contributed by atoms with Crippen LogP contribution < -0.4 is 10.6 Å². The molecule has 4 rings (SSSR count). The highest BCUT2D eigenvalue weighted by Crippen LogP contribution is 2.36. The number of imide groups is 2. The minimum absolute atomic E-state index is 0.278. The highest BCUT2D eigenvalue weighted by Gasteiger charge is 2.44. The van der Waals surface area contributed by atoms with Crippen LogP contribution >= 0.6 is 0 Å². The molecule has 4 amide bonds. The van der Waals surface area contributed by atoms with Crippen LogP contribution in [0.25, 0.3) is 6.08 Å². The van der Waals surface area contributed by atoms with Crippen molar-refractivity contribution in [3.63, 3.8) is 0 Å². The molecule has 1 aliphatic carbocycles. The van der Waals surface area contributed by atoms with Crippen LogP contribution in [-0.4, -0.2) is 35.1 Å². The monoisotopic (exact) mass is 366 g/mol. The highest BCUT2D eigenvalue weighted by molar-refractivity contribution is 6.16. The molecule has 1 unspecified atom stereocenters. The van der Waals surface area contributed by atoms with Crippen molar-refractivity contribution in [3.8, 4) is 0 Å². The number of urea groups is 1. The molecule has 7 nitrogen and oxygen atoms in total. The first-order valence-electron chi connectivity index (χ1n) is 9.37. The second-order valence-electron chi connectivity index (χ2n) is 7.18. The summed E-state index contributed by atoms with van der Waals surface area (Å²) in [5, 5.41) is 4.42. The minimum atomic E-state index is -1.04. The molecule has 0 radical (unpaired) electrons. The highest BCUT2D eigenvalue weighted by atomic mass is 16.2. The molecule has 2 fully saturated rings. The van der Waals surface area contributed by atoms with E-state index in [1.807, 2.05) is 41.4 Å². The van der Waals surface area contributed by atoms with Crippen LogP contribution in [0.4, 0.5) is 4.79 Å². The normalized spacial score (nSPS) is 24.1. The molecule has 1 aromatic carbocycles. The molecular formula is C20H22N4O3. The Balaban J connectivity index is 1.67. The zero-order valence-corrected chi connectivity index (χ0v) is 14.9. The van der Waals surface area contributed by atoms with E-state index in [0.29, 0.717) is 0 Å². The van der Waals surface area contributed by atoms with E-state index in [9.17, 15) is 14.4 Å². The van der Waals surface area contributed by atoms with Crippen LogP contribution in [0, 0.1) is 5.92 Å². The lowest BCUT2D eigenvalue weighted by atomic mass is 9.85. The fraction of sp³-hybridized carbons (Fsp3) is 0.400. The lowest BCUT2D eigenvalue weighted by Gasteiger charge is -2.37. The van der Waals surface area contributed by atoms with Crippen LogP contribution in [0.5, 0.6) is 0 Å². The van der Waals surface area contributed by atoms with Gasteiger partial charge >= 0.3 is 6.03 Å². The van der Waals surface area contributed by atoms with Gasteiger partial charge in [-0.2, -0.15) is 0 Å². The summed E-state index contributed by atoms with van der Waals surface area (Å²) in [6, 6.07) is 6.60. The number of rotatable bonds is 3. The summed E-state index contributed by atoms with van der Waals surface area (Å²) < 4.78 is 0. The van der Waals surface area contributed by atoms with Crippen LogP contribution in [0.2, 0.25) is 0 Å². The van der Waals surface area contributed by atoms with Crippen molar-refractivity contribution in [2.45, 2.75) is 44.2 Å². The van der Waals surface area contributed by atoms with E-state index < -0.39 is 29.8 Å². The van der Waals surface area contributed by atoms with Crippen molar-refractivity contribution >= 4 is 30.3 Å². The van der Waals surface area contributed by atoms with E-state index in [-0.39, 0.29) is 6.04 Å². The summed E-state index contributed by atoms with van der Waals surface area (Å²) in [5.41, 5.74) is 1.81. The summed E-state index contributed by atoms with van der Waals surface area (Å²) in [6.07, 6.45) is 11.3. The fourth-order valence-corrected chi connectivity index (χ4v) is 4.03. The molecule has 1 saturated carbocycles. The molecule has 27 heavy (non-hydrogen) atoms. The van der Waals surface area contributed by atoms with Crippen molar-refractivity contribution in [1.82, 2.24) is 15.5 Å². The number of benzene rings is 1. The standard InChI is InChI=1S/C20H22N4O3/c25-18-16(19(26)23-20(27)22-18)17-15-9-5-4-6-13(15)10-11-24(17)12-21-14-7-2-1-3-8-14/h4-6,9-12,14,16-17H,1-3,7-8H2,(H2,22,23,25,26,27). The molecule has 0 bridgehead atoms. The smallest absolute Gasteiger partial charge is 0.328 e. The number of barbiturate groups is 1. The second-order valence-corrected chi connectivity index (χ2v) is 7.18. The van der Waals surface area contributed by atoms with Crippen LogP contribution in [-0.2, 0) is 9.59 Å². The van der Waals surface area contributed by atoms with Gasteiger partial charge in [-0.15, -0.1) is 0 Å². The van der Waals surface area contributed by atoms with Gasteiger partial charge in [0.1, 0.15) is 5.92 Å². The zero-order valence-electron chi connectivity index (χ0n) is 14.9. The first kappa shape index (κ1) is 17.5. The molecule has 0 spiro atoms. The molecule has 2 heterocycles. The third kappa shape index (κ3) is 3.49. The third-order valence-electron chi connectivity index (χ3n) is 5.40. The molecular weight excluding hydrogens is 344 g/mol. The number of fused-ring (bicyclic) bond motifs is 1. The second kappa shape index (κ2) is 7.34. The zero-order chi connectivity index (χ0) is 18.8. The van der Waals surface area contributed by atoms with Crippen molar-refractivity contribution in [3.05, 3.63) is 41.6 Å². The fourth-order valence-electron chi connectivity index (χ4n) is 4.03. The Morgan fingerprint density at radius 2 is 1.70 bits per heavy atom. The topological polar surface area (TPSA) is 90.9 Å². The molecule has 2 N–H and O–H groups in total. The van der Waals surface area contributed by atoms with E-state index >= 15 is 0 Å². The number of amides is 4. The van der Waals surface area contributed by atoms with Gasteiger partial charge in [0, 0.05) is 6.20 Å². The SMILES string of the molecule is O=C1NC(=O)C(C2c3ccccc3C=CN2C=NC2CCCCC2)C(=O)N1. The Bertz CT molecular complexity index is 806. The maximum absolute atomic E-state index is 12.5. The van der Waals surface area contributed by atoms with Gasteiger partial charge in [-0.1, -0.05) is 43.5 Å². The van der Waals surface area contributed by atoms with Gasteiger partial charge in [0.15, 0.2) is 0 Å². The Labute approximate surface area is 157 Å². The van der Waals surface area contributed by atoms with Crippen molar-refractivity contribution in [2.75, 3.05) is 0 Å². The Hall–Kier alpha value is -2.96. The lowest BCUT2D eigenvalue weighted by molar-refractivity contribution is -0.138. The molecule has 1 saturated heterocycles. The van der Waals surface area contributed by atoms with Crippen LogP contribution in [0.3, 0.4) is 0 Å². The summed E-state index contributed by atoms with van der Waals surface area (Å²) >= 11 is 0. The van der Waals surface area contributed by atoms with E-state index in [1.54, 1.807) is 6.34 Å². The average molecular weight is 366 g/mol. The van der Waals surface area contributed by atoms with Gasteiger partial charge in [-0.25, -0.2) is 4.79 Å². The first-order chi connectivity index (χ1) is 13.1. The summed E-state index contributed by atoms with van der Waals surface area (Å²) in [4.78, 5) is 43.0. The van der Waals surface area contributed by atoms with Gasteiger partial charge in [0.2, 0.25) is 11.8 Å². The number of carbonyl (C=O) groups is 3. The van der Waals surface area contributed by atoms with Crippen molar-refractivity contribution in [2.24, 2.45) is 10.9 Å². The minimum Gasteiger partial charge on any atom is -0.330 e. The summed E-state index contributed by atoms with van der Waals surface area (Å²) in [7, 11) is 0. The first-order valence-corrected chi connectivity index (χ1v) is 9.37. The molecule has 0 aromatic heterocycles. The van der Waals surface area contributed by atoms with E-state index in [4.69, 9.17) is 4.99 Å². The molecule has 1 aromatic rings. The Kier molecular flexibility index (Phi) is 4.75. The summed E-state index contributed by atoms with van der Waals surface area (Å²) in [5.74, 6) is -2.21. The van der Waals surface area contributed by atoms with Gasteiger partial charge in [0.25, 0.3) is 0 Å². The van der Waals surface area contributed by atoms with Gasteiger partial charge < -0.3 is 4.90 Å².